The van der Waals surface area contributed by atoms with Crippen LogP contribution < -0.4 is 5.32 Å². The van der Waals surface area contributed by atoms with Crippen molar-refractivity contribution in [3.63, 3.8) is 0 Å². The summed E-state index contributed by atoms with van der Waals surface area (Å²) >= 11 is 18.1. The zero-order valence-corrected chi connectivity index (χ0v) is 15.9. The average molecular weight is 418 g/mol. The Labute approximate surface area is 170 Å². The second kappa shape index (κ2) is 8.32. The second-order valence-electron chi connectivity index (χ2n) is 5.44. The molecular formula is C20H11Cl3N2O2. The number of halogens is 3. The number of carbonyl (C=O) groups excluding carboxylic acids is 1. The fraction of sp³-hybridized carbons (Fsp3) is 0. The van der Waals surface area contributed by atoms with Gasteiger partial charge in [-0.2, -0.15) is 5.26 Å². The van der Waals surface area contributed by atoms with E-state index in [0.29, 0.717) is 37.8 Å². The summed E-state index contributed by atoms with van der Waals surface area (Å²) in [6, 6.07) is 17.0. The molecule has 0 saturated carbocycles. The molecule has 0 radical (unpaired) electrons. The Bertz CT molecular complexity index is 1080. The lowest BCUT2D eigenvalue weighted by molar-refractivity contribution is -0.112. The van der Waals surface area contributed by atoms with Gasteiger partial charge in [-0.3, -0.25) is 4.79 Å². The quantitative estimate of drug-likeness (QED) is 0.392. The third kappa shape index (κ3) is 4.53. The number of nitriles is 1. The zero-order valence-electron chi connectivity index (χ0n) is 13.7. The Morgan fingerprint density at radius 3 is 2.59 bits per heavy atom. The molecule has 0 atom stereocenters. The number of carbonyl (C=O) groups is 1. The molecule has 1 aromatic heterocycles. The molecule has 0 bridgehead atoms. The first-order valence-corrected chi connectivity index (χ1v) is 8.84. The van der Waals surface area contributed by atoms with E-state index >= 15 is 0 Å². The fourth-order valence-corrected chi connectivity index (χ4v) is 2.91. The van der Waals surface area contributed by atoms with Crippen LogP contribution in [0.1, 0.15) is 5.76 Å². The van der Waals surface area contributed by atoms with Gasteiger partial charge in [0.05, 0.1) is 10.0 Å². The molecule has 3 aromatic rings. The van der Waals surface area contributed by atoms with Gasteiger partial charge in [-0.25, -0.2) is 0 Å². The standard InChI is InChI=1S/C20H11Cl3N2O2/c21-13-3-1-4-14(10-13)25-20(26)12(11-24)9-15-7-8-18(27-15)16-5-2-6-17(22)19(16)23/h1-10H,(H,25,26)/b12-9+. The van der Waals surface area contributed by atoms with Gasteiger partial charge in [0.15, 0.2) is 0 Å². The van der Waals surface area contributed by atoms with E-state index in [1.165, 1.54) is 6.08 Å². The highest BCUT2D eigenvalue weighted by molar-refractivity contribution is 6.43. The van der Waals surface area contributed by atoms with Crippen LogP contribution >= 0.6 is 34.8 Å². The van der Waals surface area contributed by atoms with Crippen LogP contribution in [0.2, 0.25) is 15.1 Å². The van der Waals surface area contributed by atoms with E-state index in [4.69, 9.17) is 39.2 Å². The van der Waals surface area contributed by atoms with Gasteiger partial charge >= 0.3 is 0 Å². The van der Waals surface area contributed by atoms with E-state index < -0.39 is 5.91 Å². The molecule has 0 spiro atoms. The summed E-state index contributed by atoms with van der Waals surface area (Å²) in [6.45, 7) is 0. The van der Waals surface area contributed by atoms with Crippen molar-refractivity contribution in [3.05, 3.63) is 81.0 Å². The molecule has 1 heterocycles. The predicted molar refractivity (Wildman–Crippen MR) is 108 cm³/mol. The average Bonchev–Trinajstić information content (AvgIpc) is 3.10. The van der Waals surface area contributed by atoms with Crippen molar-refractivity contribution in [2.75, 3.05) is 5.32 Å². The van der Waals surface area contributed by atoms with Crippen LogP contribution in [0.4, 0.5) is 5.69 Å². The Morgan fingerprint density at radius 2 is 1.85 bits per heavy atom. The fourth-order valence-electron chi connectivity index (χ4n) is 2.32. The number of rotatable bonds is 4. The molecule has 7 heteroatoms. The lowest BCUT2D eigenvalue weighted by atomic mass is 10.2. The zero-order chi connectivity index (χ0) is 19.4. The van der Waals surface area contributed by atoms with Crippen molar-refractivity contribution in [2.45, 2.75) is 0 Å². The second-order valence-corrected chi connectivity index (χ2v) is 6.66. The lowest BCUT2D eigenvalue weighted by Crippen LogP contribution is -2.13. The normalized spacial score (nSPS) is 11.1. The highest BCUT2D eigenvalue weighted by atomic mass is 35.5. The smallest absolute Gasteiger partial charge is 0.266 e. The van der Waals surface area contributed by atoms with Gasteiger partial charge in [0.1, 0.15) is 23.2 Å². The van der Waals surface area contributed by atoms with Gasteiger partial charge in [-0.15, -0.1) is 0 Å². The first-order valence-electron chi connectivity index (χ1n) is 7.71. The molecule has 0 fully saturated rings. The van der Waals surface area contributed by atoms with E-state index in [0.717, 1.165) is 0 Å². The van der Waals surface area contributed by atoms with E-state index in [1.807, 2.05) is 6.07 Å². The molecule has 3 rings (SSSR count). The molecule has 2 aromatic carbocycles. The minimum absolute atomic E-state index is 0.118. The largest absolute Gasteiger partial charge is 0.457 e. The summed E-state index contributed by atoms with van der Waals surface area (Å²) in [5, 5.41) is 13.2. The highest BCUT2D eigenvalue weighted by Crippen LogP contribution is 2.34. The monoisotopic (exact) mass is 416 g/mol. The topological polar surface area (TPSA) is 66.0 Å². The molecule has 0 saturated heterocycles. The minimum Gasteiger partial charge on any atom is -0.457 e. The van der Waals surface area contributed by atoms with Gasteiger partial charge in [0.2, 0.25) is 0 Å². The van der Waals surface area contributed by atoms with Gasteiger partial charge in [0.25, 0.3) is 5.91 Å². The number of benzene rings is 2. The van der Waals surface area contributed by atoms with Crippen LogP contribution in [0.15, 0.2) is 64.6 Å². The summed E-state index contributed by atoms with van der Waals surface area (Å²) in [5.41, 5.74) is 0.985. The summed E-state index contributed by atoms with van der Waals surface area (Å²) in [5.74, 6) is 0.235. The summed E-state index contributed by atoms with van der Waals surface area (Å²) in [4.78, 5) is 12.3. The summed E-state index contributed by atoms with van der Waals surface area (Å²) < 4.78 is 5.69. The number of nitrogens with one attached hydrogen (secondary N) is 1. The first kappa shape index (κ1) is 19.1. The lowest BCUT2D eigenvalue weighted by Gasteiger charge is -2.04. The Hall–Kier alpha value is -2.71. The van der Waals surface area contributed by atoms with Crippen LogP contribution in [0.3, 0.4) is 0 Å². The number of hydrogen-bond acceptors (Lipinski definition) is 3. The van der Waals surface area contributed by atoms with E-state index in [-0.39, 0.29) is 5.57 Å². The van der Waals surface area contributed by atoms with Crippen LogP contribution in [0, 0.1) is 11.3 Å². The first-order chi connectivity index (χ1) is 13.0. The Morgan fingerprint density at radius 1 is 1.07 bits per heavy atom. The number of hydrogen-bond donors (Lipinski definition) is 1. The van der Waals surface area contributed by atoms with Crippen LogP contribution in [-0.4, -0.2) is 5.91 Å². The Kier molecular flexibility index (Phi) is 5.88. The molecule has 1 amide bonds. The molecule has 0 aliphatic rings. The van der Waals surface area contributed by atoms with Crippen molar-refractivity contribution in [2.24, 2.45) is 0 Å². The molecule has 0 unspecified atom stereocenters. The number of furan rings is 1. The highest BCUT2D eigenvalue weighted by Gasteiger charge is 2.13. The molecule has 134 valence electrons. The SMILES string of the molecule is N#C/C(=C\c1ccc(-c2cccc(Cl)c2Cl)o1)C(=O)Nc1cccc(Cl)c1. The number of nitrogens with zero attached hydrogens (tertiary/aromatic N) is 1. The molecule has 4 nitrogen and oxygen atoms in total. The maximum Gasteiger partial charge on any atom is 0.266 e. The number of anilines is 1. The molecule has 0 aliphatic carbocycles. The van der Waals surface area contributed by atoms with Gasteiger partial charge in [-0.05, 0) is 42.5 Å². The molecule has 27 heavy (non-hydrogen) atoms. The van der Waals surface area contributed by atoms with Crippen molar-refractivity contribution < 1.29 is 9.21 Å². The van der Waals surface area contributed by atoms with E-state index in [9.17, 15) is 10.1 Å². The van der Waals surface area contributed by atoms with Crippen molar-refractivity contribution >= 4 is 52.5 Å². The predicted octanol–water partition coefficient (Wildman–Crippen LogP) is 6.45. The molecule has 0 aliphatic heterocycles. The Balaban J connectivity index is 1.84. The van der Waals surface area contributed by atoms with Crippen molar-refractivity contribution in [1.82, 2.24) is 0 Å². The summed E-state index contributed by atoms with van der Waals surface area (Å²) in [7, 11) is 0. The maximum absolute atomic E-state index is 12.3. The van der Waals surface area contributed by atoms with E-state index in [2.05, 4.69) is 5.32 Å². The maximum atomic E-state index is 12.3. The van der Waals surface area contributed by atoms with E-state index in [1.54, 1.807) is 54.6 Å². The van der Waals surface area contributed by atoms with Crippen LogP contribution in [-0.2, 0) is 4.79 Å². The third-order valence-corrected chi connectivity index (χ3v) is 4.63. The van der Waals surface area contributed by atoms with Gasteiger partial charge in [-0.1, -0.05) is 46.9 Å². The van der Waals surface area contributed by atoms with Crippen LogP contribution in [0.5, 0.6) is 0 Å². The third-order valence-electron chi connectivity index (χ3n) is 3.58. The van der Waals surface area contributed by atoms with Gasteiger partial charge < -0.3 is 9.73 Å². The van der Waals surface area contributed by atoms with Crippen molar-refractivity contribution in [3.8, 4) is 17.4 Å². The minimum atomic E-state index is -0.571. The van der Waals surface area contributed by atoms with Crippen LogP contribution in [0.25, 0.3) is 17.4 Å². The van der Waals surface area contributed by atoms with Crippen molar-refractivity contribution in [1.29, 1.82) is 5.26 Å². The molecular weight excluding hydrogens is 407 g/mol. The number of amides is 1. The summed E-state index contributed by atoms with van der Waals surface area (Å²) in [6.07, 6.45) is 1.35. The molecule has 1 N–H and O–H groups in total. The van der Waals surface area contributed by atoms with Gasteiger partial charge in [0, 0.05) is 22.3 Å².